The van der Waals surface area contributed by atoms with Gasteiger partial charge in [0.05, 0.1) is 11.3 Å². The summed E-state index contributed by atoms with van der Waals surface area (Å²) in [6.07, 6.45) is 3.25. The van der Waals surface area contributed by atoms with Crippen LogP contribution in [-0.2, 0) is 0 Å². The molecule has 0 heterocycles. The van der Waals surface area contributed by atoms with Gasteiger partial charge in [-0.2, -0.15) is 0 Å². The van der Waals surface area contributed by atoms with E-state index in [1.165, 1.54) is 0 Å². The van der Waals surface area contributed by atoms with Crippen molar-refractivity contribution in [2.45, 2.75) is 25.3 Å². The van der Waals surface area contributed by atoms with E-state index in [1.807, 2.05) is 54.6 Å². The normalized spacial score (nSPS) is 19.4. The molecule has 4 N–H and O–H groups in total. The first-order chi connectivity index (χ1) is 11.3. The van der Waals surface area contributed by atoms with Gasteiger partial charge >= 0.3 is 0 Å². The molecule has 1 aliphatic carbocycles. The van der Waals surface area contributed by atoms with Gasteiger partial charge in [0.1, 0.15) is 0 Å². The standard InChI is InChI=1S/C19H23N3O.ClH/c20-13-14-7-6-12-17(14)22-19(23)16-10-4-5-11-18(16)21-15-8-2-1-3-9-15;/h1-5,8-11,14,17,21H,6-7,12-13,20H2,(H,22,23);1H. The Kier molecular flexibility index (Phi) is 6.64. The number of para-hydroxylation sites is 2. The lowest BCUT2D eigenvalue weighted by molar-refractivity contribution is 0.0929. The number of carbonyl (C=O) groups excluding carboxylic acids is 1. The predicted octanol–water partition coefficient (Wildman–Crippen LogP) is 3.71. The summed E-state index contributed by atoms with van der Waals surface area (Å²) in [6.45, 7) is 0.634. The van der Waals surface area contributed by atoms with Gasteiger partial charge in [0.25, 0.3) is 5.91 Å². The molecule has 0 spiro atoms. The molecular weight excluding hydrogens is 322 g/mol. The number of nitrogens with two attached hydrogens (primary N) is 1. The molecule has 2 unspecified atom stereocenters. The Morgan fingerprint density at radius 3 is 2.50 bits per heavy atom. The molecule has 0 aromatic heterocycles. The Hall–Kier alpha value is -2.04. The fourth-order valence-electron chi connectivity index (χ4n) is 3.22. The van der Waals surface area contributed by atoms with Crippen LogP contribution in [0, 0.1) is 5.92 Å². The first-order valence-electron chi connectivity index (χ1n) is 8.20. The van der Waals surface area contributed by atoms with Gasteiger partial charge in [0.2, 0.25) is 0 Å². The number of hydrogen-bond donors (Lipinski definition) is 3. The molecule has 2 atom stereocenters. The highest BCUT2D eigenvalue weighted by molar-refractivity contribution is 6.00. The minimum atomic E-state index is -0.0330. The number of hydrogen-bond acceptors (Lipinski definition) is 3. The molecule has 1 aliphatic rings. The molecule has 1 saturated carbocycles. The molecule has 0 radical (unpaired) electrons. The van der Waals surface area contributed by atoms with Crippen molar-refractivity contribution in [1.29, 1.82) is 0 Å². The largest absolute Gasteiger partial charge is 0.355 e. The molecule has 0 aliphatic heterocycles. The monoisotopic (exact) mass is 345 g/mol. The third kappa shape index (κ3) is 4.28. The lowest BCUT2D eigenvalue weighted by atomic mass is 10.0. The second kappa shape index (κ2) is 8.71. The van der Waals surface area contributed by atoms with Gasteiger partial charge in [-0.25, -0.2) is 0 Å². The summed E-state index contributed by atoms with van der Waals surface area (Å²) in [5.74, 6) is 0.363. The first-order valence-corrected chi connectivity index (χ1v) is 8.20. The van der Waals surface area contributed by atoms with Crippen LogP contribution in [0.15, 0.2) is 54.6 Å². The van der Waals surface area contributed by atoms with E-state index in [0.29, 0.717) is 18.0 Å². The first kappa shape index (κ1) is 18.3. The summed E-state index contributed by atoms with van der Waals surface area (Å²) in [4.78, 5) is 12.7. The van der Waals surface area contributed by atoms with Gasteiger partial charge in [0, 0.05) is 11.7 Å². The summed E-state index contributed by atoms with van der Waals surface area (Å²) in [6, 6.07) is 17.7. The zero-order valence-electron chi connectivity index (χ0n) is 13.6. The second-order valence-electron chi connectivity index (χ2n) is 6.04. The zero-order chi connectivity index (χ0) is 16.1. The number of benzene rings is 2. The Bertz CT molecular complexity index is 663. The van der Waals surface area contributed by atoms with E-state index in [2.05, 4.69) is 10.6 Å². The molecule has 5 heteroatoms. The van der Waals surface area contributed by atoms with Crippen LogP contribution in [0.3, 0.4) is 0 Å². The second-order valence-corrected chi connectivity index (χ2v) is 6.04. The fourth-order valence-corrected chi connectivity index (χ4v) is 3.22. The summed E-state index contributed by atoms with van der Waals surface area (Å²) >= 11 is 0. The predicted molar refractivity (Wildman–Crippen MR) is 101 cm³/mol. The van der Waals surface area contributed by atoms with Crippen molar-refractivity contribution in [2.75, 3.05) is 11.9 Å². The lowest BCUT2D eigenvalue weighted by Crippen LogP contribution is -2.40. The van der Waals surface area contributed by atoms with E-state index < -0.39 is 0 Å². The van der Waals surface area contributed by atoms with E-state index in [0.717, 1.165) is 30.6 Å². The summed E-state index contributed by atoms with van der Waals surface area (Å²) in [7, 11) is 0. The maximum Gasteiger partial charge on any atom is 0.253 e. The van der Waals surface area contributed by atoms with E-state index >= 15 is 0 Å². The van der Waals surface area contributed by atoms with Crippen molar-refractivity contribution in [3.05, 3.63) is 60.2 Å². The van der Waals surface area contributed by atoms with Gasteiger partial charge < -0.3 is 16.4 Å². The van der Waals surface area contributed by atoms with Crippen LogP contribution in [0.5, 0.6) is 0 Å². The summed E-state index contributed by atoms with van der Waals surface area (Å²) < 4.78 is 0. The maximum absolute atomic E-state index is 12.7. The Balaban J connectivity index is 0.00000208. The van der Waals surface area contributed by atoms with Crippen LogP contribution in [0.1, 0.15) is 29.6 Å². The smallest absolute Gasteiger partial charge is 0.253 e. The zero-order valence-corrected chi connectivity index (χ0v) is 14.4. The minimum Gasteiger partial charge on any atom is -0.355 e. The minimum absolute atomic E-state index is 0. The number of rotatable bonds is 5. The van der Waals surface area contributed by atoms with E-state index in [4.69, 9.17) is 5.73 Å². The average molecular weight is 346 g/mol. The van der Waals surface area contributed by atoms with Crippen molar-refractivity contribution in [3.8, 4) is 0 Å². The number of nitrogens with one attached hydrogen (secondary N) is 2. The molecule has 3 rings (SSSR count). The van der Waals surface area contributed by atoms with Crippen molar-refractivity contribution in [2.24, 2.45) is 11.7 Å². The van der Waals surface area contributed by atoms with Gasteiger partial charge in [-0.05, 0) is 49.6 Å². The molecule has 0 saturated heterocycles. The van der Waals surface area contributed by atoms with Crippen LogP contribution in [0.25, 0.3) is 0 Å². The van der Waals surface area contributed by atoms with Gasteiger partial charge in [0.15, 0.2) is 0 Å². The third-order valence-electron chi connectivity index (χ3n) is 4.50. The molecule has 2 aromatic rings. The Labute approximate surface area is 149 Å². The molecule has 1 amide bonds. The number of anilines is 2. The third-order valence-corrected chi connectivity index (χ3v) is 4.50. The Morgan fingerprint density at radius 1 is 1.04 bits per heavy atom. The van der Waals surface area contributed by atoms with Gasteiger partial charge in [-0.1, -0.05) is 36.8 Å². The van der Waals surface area contributed by atoms with E-state index in [9.17, 15) is 4.79 Å². The molecule has 1 fully saturated rings. The van der Waals surface area contributed by atoms with E-state index in [1.54, 1.807) is 0 Å². The number of carbonyl (C=O) groups is 1. The summed E-state index contributed by atoms with van der Waals surface area (Å²) in [5, 5.41) is 6.48. The molecule has 2 aromatic carbocycles. The van der Waals surface area contributed by atoms with Gasteiger partial charge in [-0.3, -0.25) is 4.79 Å². The number of amides is 1. The van der Waals surface area contributed by atoms with Crippen molar-refractivity contribution >= 4 is 29.7 Å². The molecule has 128 valence electrons. The highest BCUT2D eigenvalue weighted by atomic mass is 35.5. The van der Waals surface area contributed by atoms with E-state index in [-0.39, 0.29) is 24.4 Å². The van der Waals surface area contributed by atoms with Crippen LogP contribution < -0.4 is 16.4 Å². The van der Waals surface area contributed by atoms with Crippen LogP contribution in [0.2, 0.25) is 0 Å². The Morgan fingerprint density at radius 2 is 1.75 bits per heavy atom. The molecular formula is C19H24ClN3O. The van der Waals surface area contributed by atoms with Crippen molar-refractivity contribution < 1.29 is 4.79 Å². The SMILES string of the molecule is Cl.NCC1CCCC1NC(=O)c1ccccc1Nc1ccccc1. The topological polar surface area (TPSA) is 67.1 Å². The van der Waals surface area contributed by atoms with Crippen LogP contribution >= 0.6 is 12.4 Å². The molecule has 24 heavy (non-hydrogen) atoms. The number of halogens is 1. The fraction of sp³-hybridized carbons (Fsp3) is 0.316. The highest BCUT2D eigenvalue weighted by Crippen LogP contribution is 2.26. The summed E-state index contributed by atoms with van der Waals surface area (Å²) in [5.41, 5.74) is 8.26. The van der Waals surface area contributed by atoms with Crippen molar-refractivity contribution in [3.63, 3.8) is 0 Å². The molecule has 4 nitrogen and oxygen atoms in total. The molecule has 0 bridgehead atoms. The maximum atomic E-state index is 12.7. The van der Waals surface area contributed by atoms with Crippen LogP contribution in [0.4, 0.5) is 11.4 Å². The van der Waals surface area contributed by atoms with Crippen molar-refractivity contribution in [1.82, 2.24) is 5.32 Å². The van der Waals surface area contributed by atoms with Crippen LogP contribution in [-0.4, -0.2) is 18.5 Å². The average Bonchev–Trinajstić information content (AvgIpc) is 3.03. The van der Waals surface area contributed by atoms with Gasteiger partial charge in [-0.15, -0.1) is 12.4 Å². The quantitative estimate of drug-likeness (QED) is 0.773. The lowest BCUT2D eigenvalue weighted by Gasteiger charge is -2.20. The highest BCUT2D eigenvalue weighted by Gasteiger charge is 2.28.